The lowest BCUT2D eigenvalue weighted by Crippen LogP contribution is -2.17. The highest BCUT2D eigenvalue weighted by molar-refractivity contribution is 14.1. The molecule has 8 heteroatoms. The smallest absolute Gasteiger partial charge is 0.280 e. The maximum Gasteiger partial charge on any atom is 0.280 e. The highest BCUT2D eigenvalue weighted by atomic mass is 127. The van der Waals surface area contributed by atoms with Crippen molar-refractivity contribution in [3.05, 3.63) is 66.5 Å². The first-order valence-corrected chi connectivity index (χ1v) is 9.52. The number of nitro groups is 1. The van der Waals surface area contributed by atoms with E-state index in [0.717, 1.165) is 20.2 Å². The van der Waals surface area contributed by atoms with Crippen LogP contribution in [0.25, 0.3) is 10.2 Å². The summed E-state index contributed by atoms with van der Waals surface area (Å²) in [5.41, 5.74) is 1.44. The Kier molecular flexibility index (Phi) is 5.28. The van der Waals surface area contributed by atoms with Crippen molar-refractivity contribution in [3.63, 3.8) is 0 Å². The first-order valence-electron chi connectivity index (χ1n) is 7.62. The largest absolute Gasteiger partial charge is 0.316 e. The standard InChI is InChI=1S/C17H14IN3O3S/c1-2-9-20-14-8-7-11(21(23)24)10-15(14)25-17(20)19-16(22)12-5-3-4-6-13(12)18/h3-8,10H,2,9H2,1H3. The van der Waals surface area contributed by atoms with Crippen molar-refractivity contribution in [1.82, 2.24) is 4.57 Å². The van der Waals surface area contributed by atoms with Gasteiger partial charge < -0.3 is 4.57 Å². The van der Waals surface area contributed by atoms with Crippen molar-refractivity contribution in [2.24, 2.45) is 4.99 Å². The van der Waals surface area contributed by atoms with Gasteiger partial charge in [-0.3, -0.25) is 14.9 Å². The summed E-state index contributed by atoms with van der Waals surface area (Å²) < 4.78 is 3.53. The fourth-order valence-electron chi connectivity index (χ4n) is 2.48. The number of hydrogen-bond donors (Lipinski definition) is 0. The van der Waals surface area contributed by atoms with E-state index in [0.29, 0.717) is 16.9 Å². The van der Waals surface area contributed by atoms with E-state index in [1.165, 1.54) is 23.5 Å². The van der Waals surface area contributed by atoms with Crippen molar-refractivity contribution in [1.29, 1.82) is 0 Å². The molecule has 128 valence electrons. The molecule has 0 radical (unpaired) electrons. The molecule has 0 aliphatic rings. The Balaban J connectivity index is 2.17. The van der Waals surface area contributed by atoms with E-state index < -0.39 is 4.92 Å². The molecule has 25 heavy (non-hydrogen) atoms. The first kappa shape index (κ1) is 17.7. The highest BCUT2D eigenvalue weighted by Crippen LogP contribution is 2.23. The molecule has 3 aromatic rings. The van der Waals surface area contributed by atoms with Crippen LogP contribution >= 0.6 is 33.9 Å². The molecule has 0 aliphatic heterocycles. The molecule has 1 aromatic heterocycles. The Morgan fingerprint density at radius 3 is 2.76 bits per heavy atom. The number of carbonyl (C=O) groups excluding carboxylic acids is 1. The molecule has 0 bridgehead atoms. The lowest BCUT2D eigenvalue weighted by atomic mass is 10.2. The maximum atomic E-state index is 12.6. The van der Waals surface area contributed by atoms with Gasteiger partial charge in [-0.15, -0.1) is 0 Å². The number of amides is 1. The zero-order valence-electron chi connectivity index (χ0n) is 13.3. The number of rotatable bonds is 4. The quantitative estimate of drug-likeness (QED) is 0.325. The summed E-state index contributed by atoms with van der Waals surface area (Å²) in [5, 5.41) is 11.0. The molecule has 1 amide bonds. The average Bonchev–Trinajstić information content (AvgIpc) is 2.92. The van der Waals surface area contributed by atoms with Crippen LogP contribution in [0.4, 0.5) is 5.69 Å². The molecule has 1 heterocycles. The summed E-state index contributed by atoms with van der Waals surface area (Å²) in [6.07, 6.45) is 0.868. The molecule has 0 fully saturated rings. The van der Waals surface area contributed by atoms with Gasteiger partial charge in [-0.1, -0.05) is 30.4 Å². The number of halogens is 1. The Hall–Kier alpha value is -2.07. The van der Waals surface area contributed by atoms with Gasteiger partial charge in [-0.05, 0) is 47.2 Å². The number of carbonyl (C=O) groups is 1. The molecule has 0 aliphatic carbocycles. The molecule has 0 atom stereocenters. The number of benzene rings is 2. The van der Waals surface area contributed by atoms with Crippen molar-refractivity contribution in [2.75, 3.05) is 0 Å². The third-order valence-corrected chi connectivity index (χ3v) is 5.61. The van der Waals surface area contributed by atoms with E-state index >= 15 is 0 Å². The molecule has 0 spiro atoms. The topological polar surface area (TPSA) is 77.5 Å². The summed E-state index contributed by atoms with van der Waals surface area (Å²) in [7, 11) is 0. The van der Waals surface area contributed by atoms with Crippen LogP contribution in [0.5, 0.6) is 0 Å². The second kappa shape index (κ2) is 7.44. The van der Waals surface area contributed by atoms with Crippen LogP contribution in [0.15, 0.2) is 47.5 Å². The molecule has 2 aromatic carbocycles. The maximum absolute atomic E-state index is 12.6. The Morgan fingerprint density at radius 1 is 1.32 bits per heavy atom. The van der Waals surface area contributed by atoms with Gasteiger partial charge in [0, 0.05) is 22.2 Å². The van der Waals surface area contributed by atoms with Gasteiger partial charge in [0.2, 0.25) is 0 Å². The minimum absolute atomic E-state index is 0.0351. The van der Waals surface area contributed by atoms with Crippen LogP contribution in [-0.2, 0) is 6.54 Å². The zero-order valence-corrected chi connectivity index (χ0v) is 16.3. The number of fused-ring (bicyclic) bond motifs is 1. The summed E-state index contributed by atoms with van der Waals surface area (Å²) in [6, 6.07) is 12.0. The first-order chi connectivity index (χ1) is 12.0. The van der Waals surface area contributed by atoms with E-state index in [2.05, 4.69) is 27.6 Å². The Morgan fingerprint density at radius 2 is 2.08 bits per heavy atom. The van der Waals surface area contributed by atoms with Gasteiger partial charge in [0.05, 0.1) is 20.7 Å². The van der Waals surface area contributed by atoms with E-state index in [1.807, 2.05) is 23.6 Å². The predicted octanol–water partition coefficient (Wildman–Crippen LogP) is 4.37. The molecular weight excluding hydrogens is 453 g/mol. The van der Waals surface area contributed by atoms with E-state index in [4.69, 9.17) is 0 Å². The predicted molar refractivity (Wildman–Crippen MR) is 106 cm³/mol. The van der Waals surface area contributed by atoms with E-state index in [-0.39, 0.29) is 11.6 Å². The number of non-ortho nitro benzene ring substituents is 1. The molecule has 0 unspecified atom stereocenters. The minimum atomic E-state index is -0.419. The Labute approximate surface area is 161 Å². The second-order valence-corrected chi connectivity index (χ2v) is 7.51. The molecular formula is C17H14IN3O3S. The molecule has 6 nitrogen and oxygen atoms in total. The summed E-state index contributed by atoms with van der Waals surface area (Å²) in [5.74, 6) is -0.309. The van der Waals surface area contributed by atoms with E-state index in [9.17, 15) is 14.9 Å². The normalized spacial score (nSPS) is 11.8. The van der Waals surface area contributed by atoms with Crippen LogP contribution in [0.3, 0.4) is 0 Å². The van der Waals surface area contributed by atoms with Crippen LogP contribution in [-0.4, -0.2) is 15.4 Å². The Bertz CT molecular complexity index is 1040. The number of nitro benzene ring substituents is 1. The molecule has 0 N–H and O–H groups in total. The fourth-order valence-corrected chi connectivity index (χ4v) is 4.19. The van der Waals surface area contributed by atoms with Crippen LogP contribution in [0, 0.1) is 13.7 Å². The third-order valence-electron chi connectivity index (χ3n) is 3.63. The molecule has 0 saturated heterocycles. The average molecular weight is 467 g/mol. The van der Waals surface area contributed by atoms with Crippen LogP contribution in [0.1, 0.15) is 23.7 Å². The van der Waals surface area contributed by atoms with Gasteiger partial charge >= 0.3 is 0 Å². The SMILES string of the molecule is CCCn1c(=NC(=O)c2ccccc2I)sc2cc([N+](=O)[O-])ccc21. The van der Waals surface area contributed by atoms with Crippen LogP contribution in [0.2, 0.25) is 0 Å². The lowest BCUT2D eigenvalue weighted by molar-refractivity contribution is -0.384. The number of aromatic nitrogens is 1. The number of nitrogens with zero attached hydrogens (tertiary/aromatic N) is 3. The lowest BCUT2D eigenvalue weighted by Gasteiger charge is -2.03. The third kappa shape index (κ3) is 3.64. The van der Waals surface area contributed by atoms with Gasteiger partial charge in [-0.2, -0.15) is 4.99 Å². The van der Waals surface area contributed by atoms with Crippen LogP contribution < -0.4 is 4.80 Å². The van der Waals surface area contributed by atoms with Crippen molar-refractivity contribution >= 4 is 55.7 Å². The van der Waals surface area contributed by atoms with Gasteiger partial charge in [0.15, 0.2) is 4.80 Å². The van der Waals surface area contributed by atoms with Gasteiger partial charge in [-0.25, -0.2) is 0 Å². The second-order valence-electron chi connectivity index (χ2n) is 5.34. The van der Waals surface area contributed by atoms with Gasteiger partial charge in [0.25, 0.3) is 11.6 Å². The van der Waals surface area contributed by atoms with Crippen molar-refractivity contribution < 1.29 is 9.72 Å². The number of hydrogen-bond acceptors (Lipinski definition) is 4. The van der Waals surface area contributed by atoms with Gasteiger partial charge in [0.1, 0.15) is 0 Å². The van der Waals surface area contributed by atoms with E-state index in [1.54, 1.807) is 18.2 Å². The van der Waals surface area contributed by atoms with Crippen molar-refractivity contribution in [2.45, 2.75) is 19.9 Å². The number of aryl methyl sites for hydroxylation is 1. The van der Waals surface area contributed by atoms with Crippen molar-refractivity contribution in [3.8, 4) is 0 Å². The molecule has 0 saturated carbocycles. The fraction of sp³-hybridized carbons (Fsp3) is 0.176. The summed E-state index contributed by atoms with van der Waals surface area (Å²) >= 11 is 3.40. The summed E-state index contributed by atoms with van der Waals surface area (Å²) in [4.78, 5) is 28.0. The molecule has 3 rings (SSSR count). The highest BCUT2D eigenvalue weighted by Gasteiger charge is 2.13. The summed E-state index contributed by atoms with van der Waals surface area (Å²) in [6.45, 7) is 2.73. The number of thiazole rings is 1. The zero-order chi connectivity index (χ0) is 18.0. The minimum Gasteiger partial charge on any atom is -0.316 e. The monoisotopic (exact) mass is 467 g/mol.